The van der Waals surface area contributed by atoms with Gasteiger partial charge in [0.15, 0.2) is 5.78 Å². The lowest BCUT2D eigenvalue weighted by atomic mass is 9.81. The normalized spacial score (nSPS) is 19.9. The molecule has 0 radical (unpaired) electrons. The van der Waals surface area contributed by atoms with Crippen LogP contribution in [0.3, 0.4) is 0 Å². The molecule has 3 heterocycles. The van der Waals surface area contributed by atoms with Crippen LogP contribution in [0.1, 0.15) is 68.4 Å². The molecule has 0 aliphatic carbocycles. The number of piperidine rings is 1. The van der Waals surface area contributed by atoms with Crippen LogP contribution in [0, 0.1) is 13.8 Å². The molecule has 33 heavy (non-hydrogen) atoms. The van der Waals surface area contributed by atoms with Crippen molar-refractivity contribution >= 4 is 23.5 Å². The number of fused-ring (bicyclic) bond motifs is 2. The van der Waals surface area contributed by atoms with E-state index in [-0.39, 0.29) is 11.7 Å². The Balaban J connectivity index is 1.30. The number of carbonyl (C=O) groups excluding carboxylic acids is 4. The summed E-state index contributed by atoms with van der Waals surface area (Å²) in [5.74, 6) is -0.422. The SMILES string of the molecule is Cc1cc(C)c2c(c1)C(=O)CC1(CCN(C(=O)C(C)N3C(=O)c4ccccc4C3=O)CC1)O2. The third-order valence-electron chi connectivity index (χ3n) is 7.08. The topological polar surface area (TPSA) is 84.0 Å². The van der Waals surface area contributed by atoms with Gasteiger partial charge in [-0.05, 0) is 50.1 Å². The van der Waals surface area contributed by atoms with E-state index in [1.54, 1.807) is 36.1 Å². The first-order valence-electron chi connectivity index (χ1n) is 11.3. The Morgan fingerprint density at radius 2 is 1.58 bits per heavy atom. The lowest BCUT2D eigenvalue weighted by molar-refractivity contribution is -0.138. The zero-order valence-corrected chi connectivity index (χ0v) is 19.0. The minimum Gasteiger partial charge on any atom is -0.486 e. The number of benzene rings is 2. The van der Waals surface area contributed by atoms with Crippen LogP contribution < -0.4 is 4.74 Å². The molecular formula is C26H26N2O5. The number of imide groups is 1. The fraction of sp³-hybridized carbons (Fsp3) is 0.385. The Morgan fingerprint density at radius 3 is 2.18 bits per heavy atom. The highest BCUT2D eigenvalue weighted by Gasteiger charge is 2.46. The molecule has 3 aliphatic rings. The molecule has 2 aromatic rings. The van der Waals surface area contributed by atoms with Gasteiger partial charge in [-0.3, -0.25) is 24.1 Å². The van der Waals surface area contributed by atoms with Crippen LogP contribution in [0.2, 0.25) is 0 Å². The minimum atomic E-state index is -0.897. The summed E-state index contributed by atoms with van der Waals surface area (Å²) < 4.78 is 6.40. The number of Topliss-reactive ketones (excluding diaryl/α,β-unsaturated/α-hetero) is 1. The molecule has 5 rings (SSSR count). The van der Waals surface area contributed by atoms with Crippen molar-refractivity contribution in [3.05, 3.63) is 64.2 Å². The quantitative estimate of drug-likeness (QED) is 0.661. The zero-order chi connectivity index (χ0) is 23.5. The highest BCUT2D eigenvalue weighted by atomic mass is 16.5. The molecule has 1 unspecified atom stereocenters. The van der Waals surface area contributed by atoms with Gasteiger partial charge in [-0.25, -0.2) is 0 Å². The van der Waals surface area contributed by atoms with Crippen molar-refractivity contribution in [1.82, 2.24) is 9.80 Å². The van der Waals surface area contributed by atoms with Gasteiger partial charge in [-0.2, -0.15) is 0 Å². The summed E-state index contributed by atoms with van der Waals surface area (Å²) in [7, 11) is 0. The van der Waals surface area contributed by atoms with Crippen LogP contribution in [0.15, 0.2) is 36.4 Å². The number of ether oxygens (including phenoxy) is 1. The van der Waals surface area contributed by atoms with Crippen molar-refractivity contribution in [2.24, 2.45) is 0 Å². The number of rotatable bonds is 2. The van der Waals surface area contributed by atoms with Gasteiger partial charge < -0.3 is 9.64 Å². The number of hydrogen-bond donors (Lipinski definition) is 0. The van der Waals surface area contributed by atoms with Crippen molar-refractivity contribution in [2.45, 2.75) is 51.7 Å². The summed E-state index contributed by atoms with van der Waals surface area (Å²) in [5, 5.41) is 0. The first-order valence-corrected chi connectivity index (χ1v) is 11.3. The summed E-state index contributed by atoms with van der Waals surface area (Å²) in [6, 6.07) is 9.61. The van der Waals surface area contributed by atoms with Gasteiger partial charge in [0, 0.05) is 25.9 Å². The number of ketones is 1. The molecule has 1 atom stereocenters. The predicted molar refractivity (Wildman–Crippen MR) is 120 cm³/mol. The molecule has 7 nitrogen and oxygen atoms in total. The Kier molecular flexibility index (Phi) is 4.88. The molecule has 2 aromatic carbocycles. The van der Waals surface area contributed by atoms with E-state index in [1.807, 2.05) is 26.0 Å². The number of likely N-dealkylation sites (tertiary alicyclic amines) is 1. The van der Waals surface area contributed by atoms with Gasteiger partial charge in [0.25, 0.3) is 11.8 Å². The van der Waals surface area contributed by atoms with Gasteiger partial charge in [0.05, 0.1) is 23.1 Å². The molecule has 0 saturated carbocycles. The highest BCUT2D eigenvalue weighted by Crippen LogP contribution is 2.41. The number of carbonyl (C=O) groups is 4. The average Bonchev–Trinajstić information content (AvgIpc) is 3.05. The third-order valence-corrected chi connectivity index (χ3v) is 7.08. The van der Waals surface area contributed by atoms with E-state index >= 15 is 0 Å². The molecule has 0 aromatic heterocycles. The lowest BCUT2D eigenvalue weighted by Gasteiger charge is -2.45. The maximum atomic E-state index is 13.2. The van der Waals surface area contributed by atoms with E-state index in [4.69, 9.17) is 4.74 Å². The molecular weight excluding hydrogens is 420 g/mol. The summed E-state index contributed by atoms with van der Waals surface area (Å²) in [5.41, 5.74) is 2.64. The van der Waals surface area contributed by atoms with E-state index in [0.717, 1.165) is 16.0 Å². The van der Waals surface area contributed by atoms with Gasteiger partial charge in [-0.15, -0.1) is 0 Å². The van der Waals surface area contributed by atoms with E-state index in [9.17, 15) is 19.2 Å². The van der Waals surface area contributed by atoms with Gasteiger partial charge >= 0.3 is 0 Å². The molecule has 0 N–H and O–H groups in total. The Morgan fingerprint density at radius 1 is 0.970 bits per heavy atom. The number of aryl methyl sites for hydroxylation is 2. The van der Waals surface area contributed by atoms with Crippen LogP contribution in [0.5, 0.6) is 5.75 Å². The Bertz CT molecular complexity index is 1170. The fourth-order valence-electron chi connectivity index (χ4n) is 5.29. The van der Waals surface area contributed by atoms with Crippen LogP contribution >= 0.6 is 0 Å². The molecule has 7 heteroatoms. The molecule has 1 fully saturated rings. The zero-order valence-electron chi connectivity index (χ0n) is 19.0. The molecule has 170 valence electrons. The van der Waals surface area contributed by atoms with Crippen molar-refractivity contribution < 1.29 is 23.9 Å². The first kappa shape index (κ1) is 21.4. The van der Waals surface area contributed by atoms with Crippen molar-refractivity contribution in [3.63, 3.8) is 0 Å². The van der Waals surface area contributed by atoms with Crippen LogP contribution in [0.4, 0.5) is 0 Å². The number of amides is 3. The standard InChI is InChI=1S/C26H26N2O5/c1-15-12-16(2)22-20(13-15)21(29)14-26(33-22)8-10-27(11-9-26)23(30)17(3)28-24(31)18-6-4-5-7-19(18)25(28)32/h4-7,12-13,17H,8-11,14H2,1-3H3. The summed E-state index contributed by atoms with van der Waals surface area (Å²) in [4.78, 5) is 54.4. The Hall–Kier alpha value is -3.48. The number of hydrogen-bond acceptors (Lipinski definition) is 5. The third kappa shape index (κ3) is 3.34. The summed E-state index contributed by atoms with van der Waals surface area (Å²) >= 11 is 0. The summed E-state index contributed by atoms with van der Waals surface area (Å²) in [6.07, 6.45) is 1.33. The van der Waals surface area contributed by atoms with Crippen molar-refractivity contribution in [2.75, 3.05) is 13.1 Å². The lowest BCUT2D eigenvalue weighted by Crippen LogP contribution is -2.56. The number of nitrogens with zero attached hydrogens (tertiary/aromatic N) is 2. The maximum Gasteiger partial charge on any atom is 0.262 e. The van der Waals surface area contributed by atoms with E-state index < -0.39 is 23.5 Å². The minimum absolute atomic E-state index is 0.0715. The molecule has 0 bridgehead atoms. The highest BCUT2D eigenvalue weighted by molar-refractivity contribution is 6.22. The molecule has 1 spiro atoms. The molecule has 1 saturated heterocycles. The summed E-state index contributed by atoms with van der Waals surface area (Å²) in [6.45, 7) is 6.31. The molecule has 3 amide bonds. The smallest absolute Gasteiger partial charge is 0.262 e. The van der Waals surface area contributed by atoms with E-state index in [1.165, 1.54) is 0 Å². The molecule has 3 aliphatic heterocycles. The predicted octanol–water partition coefficient (Wildman–Crippen LogP) is 3.31. The average molecular weight is 447 g/mol. The van der Waals surface area contributed by atoms with Crippen LogP contribution in [-0.2, 0) is 4.79 Å². The van der Waals surface area contributed by atoms with E-state index in [2.05, 4.69) is 0 Å². The maximum absolute atomic E-state index is 13.2. The second kappa shape index (κ2) is 7.54. The van der Waals surface area contributed by atoms with Crippen molar-refractivity contribution in [3.8, 4) is 5.75 Å². The van der Waals surface area contributed by atoms with E-state index in [0.29, 0.717) is 54.8 Å². The Labute approximate surface area is 192 Å². The largest absolute Gasteiger partial charge is 0.486 e. The van der Waals surface area contributed by atoms with Crippen LogP contribution in [-0.4, -0.2) is 58.0 Å². The van der Waals surface area contributed by atoms with Crippen LogP contribution in [0.25, 0.3) is 0 Å². The fourth-order valence-corrected chi connectivity index (χ4v) is 5.29. The second-order valence-corrected chi connectivity index (χ2v) is 9.37. The van der Waals surface area contributed by atoms with Gasteiger partial charge in [0.1, 0.15) is 17.4 Å². The second-order valence-electron chi connectivity index (χ2n) is 9.37. The van der Waals surface area contributed by atoms with Gasteiger partial charge in [-0.1, -0.05) is 18.2 Å². The van der Waals surface area contributed by atoms with Gasteiger partial charge in [0.2, 0.25) is 5.91 Å². The monoisotopic (exact) mass is 446 g/mol. The first-order chi connectivity index (χ1) is 15.7. The van der Waals surface area contributed by atoms with Crippen molar-refractivity contribution in [1.29, 1.82) is 0 Å².